The fourth-order valence-electron chi connectivity index (χ4n) is 2.49. The first-order valence-electron chi connectivity index (χ1n) is 7.27. The van der Waals surface area contributed by atoms with Crippen molar-refractivity contribution in [2.45, 2.75) is 23.7 Å². The van der Waals surface area contributed by atoms with E-state index < -0.39 is 16.0 Å². The number of benzene rings is 1. The number of hydrogen-bond acceptors (Lipinski definition) is 4. The molecule has 0 saturated heterocycles. The van der Waals surface area contributed by atoms with Crippen LogP contribution in [0.5, 0.6) is 0 Å². The molecule has 0 bridgehead atoms. The second-order valence-corrected chi connectivity index (χ2v) is 8.39. The van der Waals surface area contributed by atoms with Crippen LogP contribution in [0.1, 0.15) is 34.8 Å². The smallest absolute Gasteiger partial charge is 0.339 e. The molecule has 1 N–H and O–H groups in total. The number of aromatic nitrogens is 2. The summed E-state index contributed by atoms with van der Waals surface area (Å²) < 4.78 is 27.2. The summed E-state index contributed by atoms with van der Waals surface area (Å²) in [6.07, 6.45) is 3.03. The molecule has 0 unspecified atom stereocenters. The topological polar surface area (TPSA) is 92.5 Å². The van der Waals surface area contributed by atoms with Gasteiger partial charge in [0.25, 0.3) is 0 Å². The Kier molecular flexibility index (Phi) is 4.15. The van der Waals surface area contributed by atoms with Crippen LogP contribution in [0.3, 0.4) is 0 Å². The molecular weight excluding hydrogens is 354 g/mol. The Morgan fingerprint density at radius 2 is 2.04 bits per heavy atom. The quantitative estimate of drug-likeness (QED) is 0.873. The van der Waals surface area contributed by atoms with Crippen molar-refractivity contribution in [1.29, 1.82) is 0 Å². The number of aromatic carboxylic acids is 1. The minimum atomic E-state index is -3.63. The zero-order valence-electron chi connectivity index (χ0n) is 13.1. The number of sulfonamides is 1. The third kappa shape index (κ3) is 2.81. The van der Waals surface area contributed by atoms with Crippen molar-refractivity contribution in [3.05, 3.63) is 40.7 Å². The zero-order chi connectivity index (χ0) is 17.6. The van der Waals surface area contributed by atoms with Crippen molar-refractivity contribution in [2.24, 2.45) is 0 Å². The van der Waals surface area contributed by atoms with E-state index in [1.807, 2.05) is 0 Å². The maximum absolute atomic E-state index is 12.3. The first kappa shape index (κ1) is 16.9. The molecule has 1 aromatic carbocycles. The fourth-order valence-corrected chi connectivity index (χ4v) is 3.61. The molecule has 0 amide bonds. The van der Waals surface area contributed by atoms with Gasteiger partial charge in [-0.1, -0.05) is 11.6 Å². The lowest BCUT2D eigenvalue weighted by atomic mass is 10.1. The first-order valence-corrected chi connectivity index (χ1v) is 9.09. The number of rotatable bonds is 5. The molecule has 1 fully saturated rings. The van der Waals surface area contributed by atoms with Crippen LogP contribution in [0.4, 0.5) is 0 Å². The second kappa shape index (κ2) is 5.87. The SMILES string of the molecule is CN(C)S(=O)(=O)c1ccc(Cl)c(-n2ncc(C(=O)O)c2C2CC2)c1. The summed E-state index contributed by atoms with van der Waals surface area (Å²) in [6, 6.07) is 4.31. The Morgan fingerprint density at radius 3 is 2.58 bits per heavy atom. The Morgan fingerprint density at radius 1 is 1.38 bits per heavy atom. The van der Waals surface area contributed by atoms with E-state index in [4.69, 9.17) is 11.6 Å². The number of carboxylic acids is 1. The third-order valence-corrected chi connectivity index (χ3v) is 6.06. The Bertz CT molecular complexity index is 917. The van der Waals surface area contributed by atoms with E-state index >= 15 is 0 Å². The van der Waals surface area contributed by atoms with Crippen LogP contribution in [0, 0.1) is 0 Å². The molecule has 7 nitrogen and oxygen atoms in total. The molecule has 0 atom stereocenters. The Labute approximate surface area is 144 Å². The molecule has 0 aliphatic heterocycles. The summed E-state index contributed by atoms with van der Waals surface area (Å²) in [6.45, 7) is 0. The van der Waals surface area contributed by atoms with Gasteiger partial charge in [-0.05, 0) is 31.0 Å². The van der Waals surface area contributed by atoms with E-state index in [9.17, 15) is 18.3 Å². The highest BCUT2D eigenvalue weighted by molar-refractivity contribution is 7.89. The highest BCUT2D eigenvalue weighted by Crippen LogP contribution is 2.43. The molecule has 1 aliphatic carbocycles. The van der Waals surface area contributed by atoms with Crippen molar-refractivity contribution in [3.63, 3.8) is 0 Å². The van der Waals surface area contributed by atoms with Gasteiger partial charge in [-0.2, -0.15) is 5.10 Å². The van der Waals surface area contributed by atoms with Gasteiger partial charge in [-0.3, -0.25) is 0 Å². The Balaban J connectivity index is 2.19. The first-order chi connectivity index (χ1) is 11.2. The lowest BCUT2D eigenvalue weighted by Crippen LogP contribution is -2.22. The predicted molar refractivity (Wildman–Crippen MR) is 88.4 cm³/mol. The molecule has 24 heavy (non-hydrogen) atoms. The van der Waals surface area contributed by atoms with Gasteiger partial charge in [0.2, 0.25) is 10.0 Å². The van der Waals surface area contributed by atoms with Crippen molar-refractivity contribution in [1.82, 2.24) is 14.1 Å². The van der Waals surface area contributed by atoms with Crippen molar-refractivity contribution in [2.75, 3.05) is 14.1 Å². The molecule has 1 heterocycles. The molecule has 128 valence electrons. The summed E-state index contributed by atoms with van der Waals surface area (Å²) in [5.74, 6) is -0.958. The highest BCUT2D eigenvalue weighted by atomic mass is 35.5. The highest BCUT2D eigenvalue weighted by Gasteiger charge is 2.33. The monoisotopic (exact) mass is 369 g/mol. The van der Waals surface area contributed by atoms with Crippen LogP contribution in [0.25, 0.3) is 5.69 Å². The van der Waals surface area contributed by atoms with Crippen LogP contribution in [-0.2, 0) is 10.0 Å². The molecule has 1 saturated carbocycles. The average Bonchev–Trinajstić information content (AvgIpc) is 3.25. The summed E-state index contributed by atoms with van der Waals surface area (Å²) in [5, 5.41) is 13.8. The second-order valence-electron chi connectivity index (χ2n) is 5.84. The van der Waals surface area contributed by atoms with Crippen LogP contribution >= 0.6 is 11.6 Å². The van der Waals surface area contributed by atoms with Gasteiger partial charge < -0.3 is 5.11 Å². The van der Waals surface area contributed by atoms with E-state index in [1.54, 1.807) is 0 Å². The number of hydrogen-bond donors (Lipinski definition) is 1. The normalized spacial score (nSPS) is 15.0. The maximum atomic E-state index is 12.3. The average molecular weight is 370 g/mol. The van der Waals surface area contributed by atoms with E-state index in [-0.39, 0.29) is 16.4 Å². The van der Waals surface area contributed by atoms with Crippen molar-refractivity contribution < 1.29 is 18.3 Å². The molecule has 0 spiro atoms. The molecule has 1 aliphatic rings. The molecule has 2 aromatic rings. The van der Waals surface area contributed by atoms with Crippen LogP contribution in [-0.4, -0.2) is 47.7 Å². The van der Waals surface area contributed by atoms with Crippen LogP contribution in [0.2, 0.25) is 5.02 Å². The summed E-state index contributed by atoms with van der Waals surface area (Å²) >= 11 is 6.23. The fraction of sp³-hybridized carbons (Fsp3) is 0.333. The summed E-state index contributed by atoms with van der Waals surface area (Å²) in [7, 11) is -0.754. The van der Waals surface area contributed by atoms with E-state index in [1.165, 1.54) is 43.2 Å². The lowest BCUT2D eigenvalue weighted by Gasteiger charge is -2.14. The Hall–Kier alpha value is -1.90. The van der Waals surface area contributed by atoms with Gasteiger partial charge in [0.05, 0.1) is 27.5 Å². The van der Waals surface area contributed by atoms with Gasteiger partial charge in [0.15, 0.2) is 0 Å². The van der Waals surface area contributed by atoms with Crippen LogP contribution in [0.15, 0.2) is 29.3 Å². The predicted octanol–water partition coefficient (Wildman–Crippen LogP) is 2.35. The molecule has 1 aromatic heterocycles. The van der Waals surface area contributed by atoms with Gasteiger partial charge in [0.1, 0.15) is 5.56 Å². The summed E-state index contributed by atoms with van der Waals surface area (Å²) in [5.41, 5.74) is 1.03. The van der Waals surface area contributed by atoms with Crippen molar-refractivity contribution in [3.8, 4) is 5.69 Å². The minimum absolute atomic E-state index is 0.0704. The standard InChI is InChI=1S/C15H16ClN3O4S/c1-18(2)24(22,23)10-5-6-12(16)13(7-10)19-14(9-3-4-9)11(8-17-19)15(20)21/h5-9H,3-4H2,1-2H3,(H,20,21). The van der Waals surface area contributed by atoms with Gasteiger partial charge >= 0.3 is 5.97 Å². The van der Waals surface area contributed by atoms with Gasteiger partial charge in [0, 0.05) is 20.0 Å². The van der Waals surface area contributed by atoms with Gasteiger partial charge in [-0.15, -0.1) is 0 Å². The number of carboxylic acid groups (broad SMARTS) is 1. The number of carbonyl (C=O) groups is 1. The minimum Gasteiger partial charge on any atom is -0.478 e. The number of halogens is 1. The molecular formula is C15H16ClN3O4S. The summed E-state index contributed by atoms with van der Waals surface area (Å²) in [4.78, 5) is 11.5. The van der Waals surface area contributed by atoms with Crippen LogP contribution < -0.4 is 0 Å². The molecule has 9 heteroatoms. The zero-order valence-corrected chi connectivity index (χ0v) is 14.7. The molecule has 3 rings (SSSR count). The van der Waals surface area contributed by atoms with E-state index in [0.717, 1.165) is 17.1 Å². The van der Waals surface area contributed by atoms with E-state index in [0.29, 0.717) is 16.4 Å². The largest absolute Gasteiger partial charge is 0.478 e. The van der Waals surface area contributed by atoms with Crippen molar-refractivity contribution >= 4 is 27.6 Å². The lowest BCUT2D eigenvalue weighted by molar-refractivity contribution is 0.0695. The maximum Gasteiger partial charge on any atom is 0.339 e. The van der Waals surface area contributed by atoms with Gasteiger partial charge in [-0.25, -0.2) is 22.2 Å². The number of nitrogens with zero attached hydrogens (tertiary/aromatic N) is 3. The molecule has 0 radical (unpaired) electrons. The van der Waals surface area contributed by atoms with E-state index in [2.05, 4.69) is 5.10 Å². The third-order valence-electron chi connectivity index (χ3n) is 3.93.